The molecule has 1 aromatic carbocycles. The number of nitrogens with zero attached hydrogens (tertiary/aromatic N) is 3. The number of pyridine rings is 2. The number of fused-ring (bicyclic) bond motifs is 3. The Morgan fingerprint density at radius 1 is 1.04 bits per heavy atom. The second-order valence-electron chi connectivity index (χ2n) is 5.43. The van der Waals surface area contributed by atoms with E-state index in [0.717, 1.165) is 6.07 Å². The molecular weight excluding hydrogens is 317 g/mol. The Hall–Kier alpha value is -2.96. The van der Waals surface area contributed by atoms with Crippen molar-refractivity contribution in [2.45, 2.75) is 13.1 Å². The van der Waals surface area contributed by atoms with Crippen molar-refractivity contribution in [3.05, 3.63) is 53.9 Å². The van der Waals surface area contributed by atoms with Crippen LogP contribution in [0.15, 0.2) is 42.6 Å². The van der Waals surface area contributed by atoms with Gasteiger partial charge in [0.25, 0.3) is 0 Å². The topological polar surface area (TPSA) is 54.5 Å². The molecule has 0 unspecified atom stereocenters. The molecule has 4 nitrogen and oxygen atoms in total. The molecule has 0 fully saturated rings. The lowest BCUT2D eigenvalue weighted by atomic mass is 10.00. The van der Waals surface area contributed by atoms with Crippen molar-refractivity contribution in [1.29, 1.82) is 0 Å². The van der Waals surface area contributed by atoms with E-state index in [4.69, 9.17) is 0 Å². The maximum absolute atomic E-state index is 13.5. The van der Waals surface area contributed by atoms with E-state index in [9.17, 15) is 13.2 Å². The average molecular weight is 328 g/mol. The number of H-pyrrole nitrogens is 1. The zero-order valence-electron chi connectivity index (χ0n) is 12.5. The summed E-state index contributed by atoms with van der Waals surface area (Å²) in [5.74, 6) is 0. The number of benzene rings is 1. The fraction of sp³-hybridized carbons (Fsp3) is 0.118. The van der Waals surface area contributed by atoms with Gasteiger partial charge in [-0.05, 0) is 25.1 Å². The summed E-state index contributed by atoms with van der Waals surface area (Å²) >= 11 is 0. The molecule has 0 bridgehead atoms. The van der Waals surface area contributed by atoms with Gasteiger partial charge in [-0.2, -0.15) is 18.3 Å². The second kappa shape index (κ2) is 5.02. The van der Waals surface area contributed by atoms with Crippen molar-refractivity contribution < 1.29 is 13.2 Å². The van der Waals surface area contributed by atoms with Crippen LogP contribution in [-0.4, -0.2) is 20.2 Å². The quantitative estimate of drug-likeness (QED) is 0.560. The molecule has 4 rings (SSSR count). The maximum atomic E-state index is 13.5. The molecule has 0 aliphatic rings. The van der Waals surface area contributed by atoms with Crippen LogP contribution in [-0.2, 0) is 6.18 Å². The molecule has 0 aliphatic carbocycles. The standard InChI is InChI=1S/C17H11F3N4/c1-9-14-16(24-23-9)13-10(5-4-6-11(13)17(18,19)20)15(22-14)12-7-2-3-8-21-12/h2-8H,1H3,(H,23,24). The molecule has 7 heteroatoms. The van der Waals surface area contributed by atoms with E-state index < -0.39 is 11.7 Å². The van der Waals surface area contributed by atoms with Gasteiger partial charge in [0.15, 0.2) is 0 Å². The normalized spacial score (nSPS) is 12.2. The lowest BCUT2D eigenvalue weighted by molar-refractivity contribution is -0.136. The number of alkyl halides is 3. The summed E-state index contributed by atoms with van der Waals surface area (Å²) in [7, 11) is 0. The number of hydrogen-bond acceptors (Lipinski definition) is 3. The van der Waals surface area contributed by atoms with E-state index >= 15 is 0 Å². The summed E-state index contributed by atoms with van der Waals surface area (Å²) in [6.45, 7) is 1.70. The van der Waals surface area contributed by atoms with E-state index in [-0.39, 0.29) is 10.9 Å². The lowest BCUT2D eigenvalue weighted by Crippen LogP contribution is -2.06. The Balaban J connectivity index is 2.23. The number of rotatable bonds is 1. The second-order valence-corrected chi connectivity index (χ2v) is 5.43. The molecule has 0 radical (unpaired) electrons. The Morgan fingerprint density at radius 3 is 2.58 bits per heavy atom. The third-order valence-electron chi connectivity index (χ3n) is 3.92. The third-order valence-corrected chi connectivity index (χ3v) is 3.92. The van der Waals surface area contributed by atoms with E-state index in [2.05, 4.69) is 20.2 Å². The number of nitrogens with one attached hydrogen (secondary N) is 1. The zero-order valence-corrected chi connectivity index (χ0v) is 12.5. The molecule has 0 saturated heterocycles. The van der Waals surface area contributed by atoms with Crippen LogP contribution in [0.25, 0.3) is 33.2 Å². The van der Waals surface area contributed by atoms with E-state index in [1.54, 1.807) is 37.4 Å². The Morgan fingerprint density at radius 2 is 1.88 bits per heavy atom. The molecule has 0 amide bonds. The highest BCUT2D eigenvalue weighted by Crippen LogP contribution is 2.40. The predicted octanol–water partition coefficient (Wildman–Crippen LogP) is 4.50. The van der Waals surface area contributed by atoms with E-state index in [1.165, 1.54) is 6.07 Å². The first kappa shape index (κ1) is 14.6. The largest absolute Gasteiger partial charge is 0.417 e. The van der Waals surface area contributed by atoms with E-state index in [1.807, 2.05) is 0 Å². The SMILES string of the molecule is Cc1n[nH]c2c1nc(-c1ccccn1)c1cccc(C(F)(F)F)c12. The minimum Gasteiger partial charge on any atom is -0.275 e. The van der Waals surface area contributed by atoms with Gasteiger partial charge in [-0.1, -0.05) is 18.2 Å². The summed E-state index contributed by atoms with van der Waals surface area (Å²) in [4.78, 5) is 8.77. The van der Waals surface area contributed by atoms with Crippen molar-refractivity contribution in [1.82, 2.24) is 20.2 Å². The Kier molecular flexibility index (Phi) is 3.06. The van der Waals surface area contributed by atoms with Crippen molar-refractivity contribution >= 4 is 21.8 Å². The van der Waals surface area contributed by atoms with Crippen LogP contribution >= 0.6 is 0 Å². The van der Waals surface area contributed by atoms with Gasteiger partial charge in [-0.25, -0.2) is 4.98 Å². The summed E-state index contributed by atoms with van der Waals surface area (Å²) < 4.78 is 40.5. The van der Waals surface area contributed by atoms with Crippen molar-refractivity contribution in [2.75, 3.05) is 0 Å². The van der Waals surface area contributed by atoms with Gasteiger partial charge in [0.2, 0.25) is 0 Å². The molecule has 120 valence electrons. The molecular formula is C17H11F3N4. The molecule has 4 aromatic rings. The monoisotopic (exact) mass is 328 g/mol. The van der Waals surface area contributed by atoms with Crippen molar-refractivity contribution in [3.8, 4) is 11.4 Å². The van der Waals surface area contributed by atoms with Crippen LogP contribution in [0.4, 0.5) is 13.2 Å². The summed E-state index contributed by atoms with van der Waals surface area (Å²) in [5.41, 5.74) is 1.46. The number of aromatic amines is 1. The van der Waals surface area contributed by atoms with Crippen LogP contribution < -0.4 is 0 Å². The highest BCUT2D eigenvalue weighted by molar-refractivity contribution is 6.11. The molecule has 3 aromatic heterocycles. The molecule has 3 heterocycles. The Bertz CT molecular complexity index is 1050. The van der Waals surface area contributed by atoms with Crippen LogP contribution in [0.3, 0.4) is 0 Å². The first-order chi connectivity index (χ1) is 11.5. The van der Waals surface area contributed by atoms with E-state index in [0.29, 0.717) is 28.0 Å². The zero-order chi connectivity index (χ0) is 16.9. The molecule has 24 heavy (non-hydrogen) atoms. The van der Waals surface area contributed by atoms with Gasteiger partial charge >= 0.3 is 6.18 Å². The fourth-order valence-corrected chi connectivity index (χ4v) is 2.86. The van der Waals surface area contributed by atoms with Crippen LogP contribution in [0.5, 0.6) is 0 Å². The lowest BCUT2D eigenvalue weighted by Gasteiger charge is -2.13. The molecule has 1 N–H and O–H groups in total. The fourth-order valence-electron chi connectivity index (χ4n) is 2.86. The molecule has 0 saturated carbocycles. The highest BCUT2D eigenvalue weighted by Gasteiger charge is 2.34. The van der Waals surface area contributed by atoms with Gasteiger partial charge in [0.05, 0.1) is 28.2 Å². The van der Waals surface area contributed by atoms with Crippen LogP contribution in [0.1, 0.15) is 11.3 Å². The number of aryl methyl sites for hydroxylation is 1. The first-order valence-electron chi connectivity index (χ1n) is 7.23. The van der Waals surface area contributed by atoms with Crippen molar-refractivity contribution in [3.63, 3.8) is 0 Å². The summed E-state index contributed by atoms with van der Waals surface area (Å²) in [6, 6.07) is 9.32. The molecule has 0 aliphatic heterocycles. The summed E-state index contributed by atoms with van der Waals surface area (Å²) in [5, 5.41) is 7.17. The first-order valence-corrected chi connectivity index (χ1v) is 7.23. The number of hydrogen-bond donors (Lipinski definition) is 1. The van der Waals surface area contributed by atoms with Gasteiger partial charge in [0.1, 0.15) is 5.52 Å². The highest BCUT2D eigenvalue weighted by atomic mass is 19.4. The maximum Gasteiger partial charge on any atom is 0.417 e. The van der Waals surface area contributed by atoms with Crippen LogP contribution in [0.2, 0.25) is 0 Å². The number of halogens is 3. The van der Waals surface area contributed by atoms with Gasteiger partial charge < -0.3 is 0 Å². The smallest absolute Gasteiger partial charge is 0.275 e. The minimum atomic E-state index is -4.48. The van der Waals surface area contributed by atoms with Crippen molar-refractivity contribution in [2.24, 2.45) is 0 Å². The third kappa shape index (κ3) is 2.12. The predicted molar refractivity (Wildman–Crippen MR) is 84.4 cm³/mol. The van der Waals surface area contributed by atoms with Crippen LogP contribution in [0, 0.1) is 6.92 Å². The Labute approximate surface area is 134 Å². The van der Waals surface area contributed by atoms with Gasteiger partial charge in [0, 0.05) is 17.0 Å². The molecule has 0 spiro atoms. The van der Waals surface area contributed by atoms with Gasteiger partial charge in [-0.3, -0.25) is 10.1 Å². The number of aromatic nitrogens is 4. The average Bonchev–Trinajstić information content (AvgIpc) is 2.95. The minimum absolute atomic E-state index is 0.0660. The molecule has 0 atom stereocenters. The van der Waals surface area contributed by atoms with Gasteiger partial charge in [-0.15, -0.1) is 0 Å². The summed E-state index contributed by atoms with van der Waals surface area (Å²) in [6.07, 6.45) is -2.89.